The molecular formula is C83H89Br5N26O12. The van der Waals surface area contributed by atoms with E-state index in [2.05, 4.69) is 199 Å². The summed E-state index contributed by atoms with van der Waals surface area (Å²) in [4.78, 5) is 93.4. The molecule has 4 aromatic carbocycles. The molecule has 1 unspecified atom stereocenters. The number of rotatable bonds is 18. The van der Waals surface area contributed by atoms with Crippen molar-refractivity contribution in [3.63, 3.8) is 0 Å². The van der Waals surface area contributed by atoms with E-state index in [0.717, 1.165) is 65.6 Å². The summed E-state index contributed by atoms with van der Waals surface area (Å²) in [6.07, 6.45) is 10.4. The number of nitrogens with two attached hydrogens (primary N) is 4. The zero-order valence-electron chi connectivity index (χ0n) is 70.8. The lowest BCUT2D eigenvalue weighted by Crippen LogP contribution is -2.44. The van der Waals surface area contributed by atoms with Crippen molar-refractivity contribution < 1.29 is 55.8 Å². The molecule has 9 heterocycles. The van der Waals surface area contributed by atoms with Gasteiger partial charge in [0.25, 0.3) is 23.6 Å². The third-order valence-corrected chi connectivity index (χ3v) is 19.1. The molecule has 43 heteroatoms. The Hall–Kier alpha value is -12.4. The van der Waals surface area contributed by atoms with Crippen molar-refractivity contribution in [1.82, 2.24) is 106 Å². The lowest BCUT2D eigenvalue weighted by Gasteiger charge is -2.28. The highest BCUT2D eigenvalue weighted by Crippen LogP contribution is 2.36. The zero-order valence-corrected chi connectivity index (χ0v) is 78.7. The van der Waals surface area contributed by atoms with Crippen LogP contribution in [0.1, 0.15) is 127 Å². The predicted molar refractivity (Wildman–Crippen MR) is 487 cm³/mol. The van der Waals surface area contributed by atoms with Crippen LogP contribution < -0.4 is 38.5 Å². The van der Waals surface area contributed by atoms with Gasteiger partial charge in [0.15, 0.2) is 57.6 Å². The second-order valence-electron chi connectivity index (χ2n) is 30.5. The van der Waals surface area contributed by atoms with Gasteiger partial charge in [-0.1, -0.05) is 77.5 Å². The molecule has 14 rings (SSSR count). The molecule has 0 spiro atoms. The van der Waals surface area contributed by atoms with Gasteiger partial charge in [-0.2, -0.15) is 4.90 Å². The van der Waals surface area contributed by atoms with Crippen LogP contribution >= 0.6 is 79.6 Å². The number of imide groups is 1. The van der Waals surface area contributed by atoms with Gasteiger partial charge in [-0.3, -0.25) is 0 Å². The van der Waals surface area contributed by atoms with Crippen LogP contribution in [-0.4, -0.2) is 165 Å². The molecule has 658 valence electrons. The topological polar surface area (TPSA) is 524 Å². The number of hydrogen-bond donors (Lipinski definition) is 6. The van der Waals surface area contributed by atoms with Gasteiger partial charge in [0.2, 0.25) is 23.6 Å². The molecule has 1 aliphatic rings. The first-order valence-electron chi connectivity index (χ1n) is 38.4. The molecule has 0 fully saturated rings. The normalized spacial score (nSPS) is 12.4. The fraction of sp³-hybridized carbons (Fsp3) is 0.301. The Morgan fingerprint density at radius 2 is 0.794 bits per heavy atom. The molecule has 0 aliphatic heterocycles. The van der Waals surface area contributed by atoms with Gasteiger partial charge in [0.05, 0.1) is 43.8 Å². The van der Waals surface area contributed by atoms with Gasteiger partial charge < -0.3 is 75.1 Å². The Balaban J connectivity index is 0.000000173. The van der Waals surface area contributed by atoms with Gasteiger partial charge in [0.1, 0.15) is 35.2 Å². The summed E-state index contributed by atoms with van der Waals surface area (Å²) < 4.78 is 45.6. The second-order valence-corrected chi connectivity index (χ2v) is 34.3. The number of carbonyl (C=O) groups is 4. The lowest BCUT2D eigenvalue weighted by atomic mass is 9.90. The predicted octanol–water partition coefficient (Wildman–Crippen LogP) is 17.0. The molecule has 0 bridgehead atoms. The van der Waals surface area contributed by atoms with Gasteiger partial charge >= 0.3 is 24.2 Å². The third-order valence-electron chi connectivity index (χ3n) is 16.9. The minimum atomic E-state index is -1.02. The molecule has 0 saturated carbocycles. The van der Waals surface area contributed by atoms with E-state index in [1.165, 1.54) is 59.1 Å². The highest BCUT2D eigenvalue weighted by atomic mass is 79.9. The summed E-state index contributed by atoms with van der Waals surface area (Å²) in [6.45, 7) is 19.6. The van der Waals surface area contributed by atoms with Crippen LogP contribution in [0.5, 0.6) is 0 Å². The first kappa shape index (κ1) is 95.8. The van der Waals surface area contributed by atoms with Crippen LogP contribution in [0.2, 0.25) is 0 Å². The lowest BCUT2D eigenvalue weighted by molar-refractivity contribution is 0.0283. The number of hydrogen-bond acceptors (Lipinski definition) is 36. The van der Waals surface area contributed by atoms with Gasteiger partial charge in [-0.05, 0) is 242 Å². The van der Waals surface area contributed by atoms with Crippen LogP contribution in [0, 0.1) is 5.92 Å². The largest absolute Gasteiger partial charge is 0.464 e. The monoisotopic (exact) mass is 2040 g/mol. The standard InChI is InChI=1S/C29H37BrN6O7.C21H24N6O.C14H13BrN6O.C13H9Br2N5O.C6H6BrN3O2/c1-27(2,3)41-24(37)35(10)16-17-11-13-18(14-12-17)22-33-34-23(40-22)20-21(31-15-19(30)32-20)36(25(38)42-28(4,5)6)26(39)43-29(7,8)9;1-13-3-7-15(8-4-13)17-12-24-19(22)18(25-17)21-27-26-20(28-21)16-9-5-14(6-10-16)11-23-2;1-17-6-8-2-4-9(5-3-8)13-20-21-14(22-13)11-12(16)18-7-10(15)19-11;14-5-7-1-3-8(4-2-7)12-19-20-13(21-12)10-11(16)17-6-9(15)18-10;1-12-6(11)4-5(8)9-2-3(7)10-4/h11-15H,16H2,1-10H3;5-7,9-10,12-13,23H,3-4,8,11H2,1-2H3,(H2,22,24);2-5,7,17H,6H2,1H3,(H2,16,18);1-4,6H,5H2,(H2,16,17);2H,1H3,(H2,8,9). The summed E-state index contributed by atoms with van der Waals surface area (Å²) in [5.41, 5.74) is 31.2. The van der Waals surface area contributed by atoms with Crippen molar-refractivity contribution in [1.29, 1.82) is 0 Å². The minimum absolute atomic E-state index is 0.0203. The summed E-state index contributed by atoms with van der Waals surface area (Å²) in [6, 6.07) is 30.8. The fourth-order valence-corrected chi connectivity index (χ4v) is 12.5. The highest BCUT2D eigenvalue weighted by Gasteiger charge is 2.38. The SMILES string of the molecule is CN(Cc1ccc(-c2nnc(-c3nc(Br)cnc3N(C(=O)OC(C)(C)C)C(=O)OC(C)(C)C)o2)cc1)C(=O)OC(C)(C)C.CNCc1ccc(-c2nnc(-c3nc(Br)cnc3N)o2)cc1.CNCc1ccc(-c2nnc(-c3nc(C4=CCC(C)CC4)cnc3N)o2)cc1.COC(=O)c1nc(Br)cnc1N.Nc1ncc(Br)nc1-c1nnc(-c2ccc(CBr)cc2)o1. The number of allylic oxidation sites excluding steroid dienone is 2. The maximum atomic E-state index is 13.2. The Morgan fingerprint density at radius 3 is 1.17 bits per heavy atom. The van der Waals surface area contributed by atoms with E-state index < -0.39 is 41.1 Å². The fourth-order valence-electron chi connectivity index (χ4n) is 11.0. The van der Waals surface area contributed by atoms with Crippen LogP contribution in [0.15, 0.2) is 170 Å². The van der Waals surface area contributed by atoms with Gasteiger partial charge in [-0.25, -0.2) is 69.0 Å². The van der Waals surface area contributed by atoms with Crippen molar-refractivity contribution in [2.75, 3.05) is 56.1 Å². The maximum absolute atomic E-state index is 13.2. The average molecular weight is 2040 g/mol. The Morgan fingerprint density at radius 1 is 0.452 bits per heavy atom. The number of anilines is 5. The van der Waals surface area contributed by atoms with Crippen LogP contribution in [0.25, 0.3) is 97.7 Å². The summed E-state index contributed by atoms with van der Waals surface area (Å²) >= 11 is 16.2. The molecule has 13 aromatic rings. The average Bonchev–Trinajstić information content (AvgIpc) is 1.34. The number of amides is 3. The molecular weight excluding hydrogens is 1950 g/mol. The summed E-state index contributed by atoms with van der Waals surface area (Å²) in [5, 5.41) is 39.6. The number of methoxy groups -OCH3 is 1. The van der Waals surface area contributed by atoms with Crippen molar-refractivity contribution in [3.8, 4) is 92.2 Å². The number of ether oxygens (including phenoxy) is 4. The number of esters is 1. The number of nitrogens with one attached hydrogen (secondary N) is 2. The van der Waals surface area contributed by atoms with Crippen LogP contribution in [-0.2, 0) is 43.9 Å². The molecule has 0 radical (unpaired) electrons. The van der Waals surface area contributed by atoms with E-state index in [1.807, 2.05) is 120 Å². The zero-order chi connectivity index (χ0) is 91.3. The minimum Gasteiger partial charge on any atom is -0.464 e. The van der Waals surface area contributed by atoms with Crippen molar-refractivity contribution >= 4 is 139 Å². The van der Waals surface area contributed by atoms with Crippen molar-refractivity contribution in [2.24, 2.45) is 5.92 Å². The Kier molecular flexibility index (Phi) is 33.0. The number of nitrogens with zero attached hydrogens (tertiary/aromatic N) is 20. The number of halogens is 5. The quantitative estimate of drug-likeness (QED) is 0.0264. The Bertz CT molecular complexity index is 5910. The van der Waals surface area contributed by atoms with Crippen LogP contribution in [0.3, 0.4) is 0 Å². The van der Waals surface area contributed by atoms with E-state index in [1.54, 1.807) is 66.9 Å². The van der Waals surface area contributed by atoms with E-state index in [0.29, 0.717) is 71.5 Å². The number of carbonyl (C=O) groups excluding carboxylic acids is 4. The van der Waals surface area contributed by atoms with Gasteiger partial charge in [0, 0.05) is 54.3 Å². The molecule has 0 saturated heterocycles. The number of alkyl halides is 1. The summed E-state index contributed by atoms with van der Waals surface area (Å²) in [5.74, 6) is 2.77. The van der Waals surface area contributed by atoms with Crippen LogP contribution in [0.4, 0.5) is 43.5 Å². The highest BCUT2D eigenvalue weighted by molar-refractivity contribution is 9.11. The summed E-state index contributed by atoms with van der Waals surface area (Å²) in [7, 11) is 6.73. The maximum Gasteiger partial charge on any atom is 0.425 e. The van der Waals surface area contributed by atoms with Crippen molar-refractivity contribution in [2.45, 2.75) is 130 Å². The number of benzene rings is 4. The van der Waals surface area contributed by atoms with Crippen molar-refractivity contribution in [3.05, 3.63) is 186 Å². The second kappa shape index (κ2) is 43.5. The molecule has 38 nitrogen and oxygen atoms in total. The number of nitrogen functional groups attached to an aromatic ring is 4. The van der Waals surface area contributed by atoms with E-state index in [9.17, 15) is 19.2 Å². The third kappa shape index (κ3) is 27.3. The van der Waals surface area contributed by atoms with Gasteiger partial charge in [-0.15, -0.1) is 40.8 Å². The molecule has 126 heavy (non-hydrogen) atoms. The molecule has 10 N–H and O–H groups in total. The van der Waals surface area contributed by atoms with E-state index in [4.69, 9.17) is 54.8 Å². The smallest absolute Gasteiger partial charge is 0.425 e. The number of aromatic nitrogens is 18. The first-order valence-corrected chi connectivity index (χ1v) is 42.7. The molecule has 9 aromatic heterocycles. The molecule has 1 atom stereocenters. The molecule has 1 aliphatic carbocycles. The molecule has 3 amide bonds. The Labute approximate surface area is 765 Å². The first-order chi connectivity index (χ1) is 59.8. The van der Waals surface area contributed by atoms with E-state index >= 15 is 0 Å². The van der Waals surface area contributed by atoms with E-state index in [-0.39, 0.29) is 74.5 Å².